The van der Waals surface area contributed by atoms with Crippen LogP contribution in [0.15, 0.2) is 0 Å². The first kappa shape index (κ1) is 14.0. The predicted molar refractivity (Wildman–Crippen MR) is 79.6 cm³/mol. The van der Waals surface area contributed by atoms with Gasteiger partial charge in [0.25, 0.3) is 0 Å². The van der Waals surface area contributed by atoms with Crippen molar-refractivity contribution >= 4 is 0 Å². The number of piperidine rings is 1. The van der Waals surface area contributed by atoms with Crippen molar-refractivity contribution in [2.24, 2.45) is 5.41 Å². The van der Waals surface area contributed by atoms with Gasteiger partial charge in [0.1, 0.15) is 11.6 Å². The second kappa shape index (κ2) is 5.45. The van der Waals surface area contributed by atoms with Crippen molar-refractivity contribution in [2.45, 2.75) is 52.6 Å². The number of nitrogens with one attached hydrogen (secondary N) is 1. The summed E-state index contributed by atoms with van der Waals surface area (Å²) in [6.07, 6.45) is 2.45. The smallest absolute Gasteiger partial charge is 0.147 e. The number of hydrogen-bond donors (Lipinski definition) is 1. The summed E-state index contributed by atoms with van der Waals surface area (Å²) >= 11 is 0. The van der Waals surface area contributed by atoms with E-state index in [0.717, 1.165) is 25.5 Å². The Kier molecular flexibility index (Phi) is 3.82. The van der Waals surface area contributed by atoms with Crippen LogP contribution in [0.5, 0.6) is 0 Å². The fourth-order valence-corrected chi connectivity index (χ4v) is 3.44. The second-order valence-electron chi connectivity index (χ2n) is 7.41. The Balaban J connectivity index is 1.62. The third kappa shape index (κ3) is 3.04. The van der Waals surface area contributed by atoms with E-state index in [4.69, 9.17) is 0 Å². The fourth-order valence-electron chi connectivity index (χ4n) is 3.44. The number of aromatic nitrogens is 3. The van der Waals surface area contributed by atoms with Gasteiger partial charge in [-0.15, -0.1) is 10.2 Å². The molecule has 1 saturated heterocycles. The summed E-state index contributed by atoms with van der Waals surface area (Å²) < 4.78 is 2.35. The van der Waals surface area contributed by atoms with Gasteiger partial charge >= 0.3 is 0 Å². The minimum atomic E-state index is 0.395. The Bertz CT molecular complexity index is 451. The van der Waals surface area contributed by atoms with Gasteiger partial charge in [0.05, 0.1) is 6.54 Å². The summed E-state index contributed by atoms with van der Waals surface area (Å²) in [4.78, 5) is 2.60. The molecule has 0 saturated carbocycles. The van der Waals surface area contributed by atoms with Crippen molar-refractivity contribution in [1.29, 1.82) is 0 Å². The van der Waals surface area contributed by atoms with Crippen molar-refractivity contribution in [2.75, 3.05) is 26.2 Å². The molecule has 1 N–H and O–H groups in total. The van der Waals surface area contributed by atoms with E-state index in [0.29, 0.717) is 11.3 Å². The highest BCUT2D eigenvalue weighted by atomic mass is 15.3. The van der Waals surface area contributed by atoms with Crippen LogP contribution < -0.4 is 5.32 Å². The molecule has 20 heavy (non-hydrogen) atoms. The second-order valence-corrected chi connectivity index (χ2v) is 7.41. The summed E-state index contributed by atoms with van der Waals surface area (Å²) in [5.41, 5.74) is 0.395. The first-order valence-electron chi connectivity index (χ1n) is 7.88. The number of rotatable bonds is 2. The van der Waals surface area contributed by atoms with Gasteiger partial charge in [-0.3, -0.25) is 0 Å². The molecule has 0 spiro atoms. The van der Waals surface area contributed by atoms with Gasteiger partial charge in [0.2, 0.25) is 0 Å². The Labute approximate surface area is 121 Å². The number of nitrogens with zero attached hydrogens (tertiary/aromatic N) is 4. The van der Waals surface area contributed by atoms with Crippen LogP contribution in [0, 0.1) is 5.41 Å². The molecule has 1 aromatic rings. The summed E-state index contributed by atoms with van der Waals surface area (Å²) in [6.45, 7) is 13.5. The SMILES string of the molecule is CC(C)(C)CN1CCC(c2nnc3n2CCNC3)CC1. The van der Waals surface area contributed by atoms with Crippen molar-refractivity contribution in [3.05, 3.63) is 11.6 Å². The maximum atomic E-state index is 4.48. The molecule has 3 rings (SSSR count). The molecule has 2 aliphatic rings. The van der Waals surface area contributed by atoms with E-state index in [1.807, 2.05) is 0 Å². The van der Waals surface area contributed by atoms with E-state index in [-0.39, 0.29) is 0 Å². The zero-order valence-corrected chi connectivity index (χ0v) is 13.0. The standard InChI is InChI=1S/C15H27N5/c1-15(2,3)11-19-7-4-12(5-8-19)14-18-17-13-10-16-6-9-20(13)14/h12,16H,4-11H2,1-3H3. The van der Waals surface area contributed by atoms with Crippen molar-refractivity contribution < 1.29 is 0 Å². The van der Waals surface area contributed by atoms with Crippen molar-refractivity contribution in [3.8, 4) is 0 Å². The lowest BCUT2D eigenvalue weighted by molar-refractivity contribution is 0.151. The summed E-state index contributed by atoms with van der Waals surface area (Å²) in [5.74, 6) is 2.95. The van der Waals surface area contributed by atoms with Gasteiger partial charge in [0, 0.05) is 25.6 Å². The van der Waals surface area contributed by atoms with E-state index < -0.39 is 0 Å². The minimum absolute atomic E-state index is 0.395. The molecule has 2 aliphatic heterocycles. The molecule has 3 heterocycles. The lowest BCUT2D eigenvalue weighted by Crippen LogP contribution is -2.39. The molecule has 0 aliphatic carbocycles. The molecule has 5 heteroatoms. The summed E-state index contributed by atoms with van der Waals surface area (Å²) in [5, 5.41) is 12.2. The Morgan fingerprint density at radius 2 is 1.90 bits per heavy atom. The lowest BCUT2D eigenvalue weighted by Gasteiger charge is -2.35. The largest absolute Gasteiger partial charge is 0.312 e. The first-order chi connectivity index (χ1) is 9.53. The van der Waals surface area contributed by atoms with Crippen LogP contribution in [0.3, 0.4) is 0 Å². The Morgan fingerprint density at radius 1 is 1.15 bits per heavy atom. The quantitative estimate of drug-likeness (QED) is 0.892. The van der Waals surface area contributed by atoms with Crippen molar-refractivity contribution in [3.63, 3.8) is 0 Å². The predicted octanol–water partition coefficient (Wildman–Crippen LogP) is 1.61. The molecule has 0 amide bonds. The third-order valence-electron chi connectivity index (χ3n) is 4.30. The van der Waals surface area contributed by atoms with Crippen LogP contribution >= 0.6 is 0 Å². The molecule has 0 bridgehead atoms. The van der Waals surface area contributed by atoms with E-state index in [1.165, 1.54) is 38.3 Å². The van der Waals surface area contributed by atoms with E-state index in [2.05, 4.69) is 45.8 Å². The average molecular weight is 277 g/mol. The van der Waals surface area contributed by atoms with Crippen LogP contribution in [-0.2, 0) is 13.1 Å². The average Bonchev–Trinajstić information content (AvgIpc) is 2.82. The van der Waals surface area contributed by atoms with Crippen molar-refractivity contribution in [1.82, 2.24) is 25.0 Å². The Morgan fingerprint density at radius 3 is 2.60 bits per heavy atom. The molecular formula is C15H27N5. The maximum absolute atomic E-state index is 4.48. The molecule has 0 radical (unpaired) electrons. The van der Waals surface area contributed by atoms with E-state index in [1.54, 1.807) is 0 Å². The minimum Gasteiger partial charge on any atom is -0.312 e. The molecule has 0 aromatic carbocycles. The molecule has 112 valence electrons. The third-order valence-corrected chi connectivity index (χ3v) is 4.30. The summed E-state index contributed by atoms with van der Waals surface area (Å²) in [6, 6.07) is 0. The van der Waals surface area contributed by atoms with Gasteiger partial charge in [0.15, 0.2) is 0 Å². The van der Waals surface area contributed by atoms with E-state index >= 15 is 0 Å². The molecule has 0 atom stereocenters. The van der Waals surface area contributed by atoms with Crippen LogP contribution in [0.2, 0.25) is 0 Å². The van der Waals surface area contributed by atoms with Crippen LogP contribution in [0.1, 0.15) is 51.2 Å². The number of fused-ring (bicyclic) bond motifs is 1. The van der Waals surface area contributed by atoms with Crippen LogP contribution in [-0.4, -0.2) is 45.8 Å². The van der Waals surface area contributed by atoms with Gasteiger partial charge < -0.3 is 14.8 Å². The topological polar surface area (TPSA) is 46.0 Å². The van der Waals surface area contributed by atoms with Gasteiger partial charge in [-0.1, -0.05) is 20.8 Å². The highest BCUT2D eigenvalue weighted by molar-refractivity contribution is 5.05. The van der Waals surface area contributed by atoms with Gasteiger partial charge in [-0.2, -0.15) is 0 Å². The monoisotopic (exact) mass is 277 g/mol. The first-order valence-corrected chi connectivity index (χ1v) is 7.88. The lowest BCUT2D eigenvalue weighted by atomic mass is 9.91. The zero-order valence-electron chi connectivity index (χ0n) is 13.0. The number of hydrogen-bond acceptors (Lipinski definition) is 4. The van der Waals surface area contributed by atoms with Gasteiger partial charge in [-0.05, 0) is 31.3 Å². The molecule has 1 fully saturated rings. The summed E-state index contributed by atoms with van der Waals surface area (Å²) in [7, 11) is 0. The molecule has 0 unspecified atom stereocenters. The molecule has 1 aromatic heterocycles. The zero-order chi connectivity index (χ0) is 14.2. The normalized spacial score (nSPS) is 21.9. The maximum Gasteiger partial charge on any atom is 0.147 e. The molecular weight excluding hydrogens is 250 g/mol. The fraction of sp³-hybridized carbons (Fsp3) is 0.867. The van der Waals surface area contributed by atoms with E-state index in [9.17, 15) is 0 Å². The highest BCUT2D eigenvalue weighted by Gasteiger charge is 2.28. The Hall–Kier alpha value is -0.940. The highest BCUT2D eigenvalue weighted by Crippen LogP contribution is 2.29. The molecule has 5 nitrogen and oxygen atoms in total. The van der Waals surface area contributed by atoms with Crippen LogP contribution in [0.4, 0.5) is 0 Å². The van der Waals surface area contributed by atoms with Crippen LogP contribution in [0.25, 0.3) is 0 Å². The number of likely N-dealkylation sites (tertiary alicyclic amines) is 1. The van der Waals surface area contributed by atoms with Gasteiger partial charge in [-0.25, -0.2) is 0 Å².